The molecule has 3 aromatic rings. The van der Waals surface area contributed by atoms with E-state index < -0.39 is 0 Å². The molecule has 3 rings (SSSR count). The van der Waals surface area contributed by atoms with Gasteiger partial charge in [0.05, 0.1) is 11.6 Å². The van der Waals surface area contributed by atoms with Crippen molar-refractivity contribution in [3.63, 3.8) is 0 Å². The van der Waals surface area contributed by atoms with Gasteiger partial charge in [0.25, 0.3) is 0 Å². The standard InChI is InChI=1S/C17H15ClFN3O2/c1-2-24-15(23)9-20-17-16(11-4-3-5-13(19)8-11)21-14-7-6-12(18)10-22(14)17/h3-8,10,20H,2,9H2,1H3. The lowest BCUT2D eigenvalue weighted by atomic mass is 10.1. The zero-order valence-electron chi connectivity index (χ0n) is 12.9. The molecule has 2 aromatic heterocycles. The molecule has 0 saturated carbocycles. The van der Waals surface area contributed by atoms with Gasteiger partial charge in [-0.1, -0.05) is 23.7 Å². The van der Waals surface area contributed by atoms with Crippen molar-refractivity contribution in [2.75, 3.05) is 18.5 Å². The first-order valence-corrected chi connectivity index (χ1v) is 7.79. The Bertz CT molecular complexity index is 895. The Morgan fingerprint density at radius 1 is 1.38 bits per heavy atom. The number of halogens is 2. The van der Waals surface area contributed by atoms with Crippen LogP contribution in [0.5, 0.6) is 0 Å². The van der Waals surface area contributed by atoms with Gasteiger partial charge in [0.15, 0.2) is 0 Å². The summed E-state index contributed by atoms with van der Waals surface area (Å²) in [6.45, 7) is 2.01. The van der Waals surface area contributed by atoms with Crippen LogP contribution in [0.2, 0.25) is 5.02 Å². The van der Waals surface area contributed by atoms with Gasteiger partial charge in [0.2, 0.25) is 0 Å². The fourth-order valence-electron chi connectivity index (χ4n) is 2.39. The van der Waals surface area contributed by atoms with Crippen molar-refractivity contribution in [2.24, 2.45) is 0 Å². The molecule has 0 saturated heterocycles. The zero-order chi connectivity index (χ0) is 17.1. The van der Waals surface area contributed by atoms with Gasteiger partial charge in [-0.05, 0) is 31.2 Å². The predicted octanol–water partition coefficient (Wildman–Crippen LogP) is 3.77. The van der Waals surface area contributed by atoms with Crippen LogP contribution in [0, 0.1) is 5.82 Å². The van der Waals surface area contributed by atoms with Crippen LogP contribution in [0.25, 0.3) is 16.9 Å². The summed E-state index contributed by atoms with van der Waals surface area (Å²) in [6, 6.07) is 9.58. The molecule has 0 bridgehead atoms. The van der Waals surface area contributed by atoms with Gasteiger partial charge in [0, 0.05) is 11.8 Å². The number of ether oxygens (including phenoxy) is 1. The van der Waals surface area contributed by atoms with Crippen LogP contribution in [0.1, 0.15) is 6.92 Å². The Labute approximate surface area is 143 Å². The average Bonchev–Trinajstić information content (AvgIpc) is 2.91. The van der Waals surface area contributed by atoms with Crippen LogP contribution in [0.4, 0.5) is 10.2 Å². The third kappa shape index (κ3) is 3.33. The van der Waals surface area contributed by atoms with Gasteiger partial charge in [-0.3, -0.25) is 9.20 Å². The van der Waals surface area contributed by atoms with Gasteiger partial charge >= 0.3 is 5.97 Å². The second-order valence-corrected chi connectivity index (χ2v) is 5.49. The molecule has 0 aliphatic rings. The second kappa shape index (κ2) is 6.88. The maximum atomic E-state index is 13.6. The fraction of sp³-hybridized carbons (Fsp3) is 0.176. The normalized spacial score (nSPS) is 10.8. The maximum Gasteiger partial charge on any atom is 0.325 e. The Hall–Kier alpha value is -2.60. The highest BCUT2D eigenvalue weighted by Crippen LogP contribution is 2.30. The number of nitrogens with zero attached hydrogens (tertiary/aromatic N) is 2. The molecule has 1 aromatic carbocycles. The number of aromatic nitrogens is 2. The molecule has 5 nitrogen and oxygen atoms in total. The van der Waals surface area contributed by atoms with E-state index >= 15 is 0 Å². The van der Waals surface area contributed by atoms with E-state index in [1.54, 1.807) is 41.8 Å². The number of carbonyl (C=O) groups is 1. The summed E-state index contributed by atoms with van der Waals surface area (Å²) in [5.74, 6) is -0.204. The van der Waals surface area contributed by atoms with E-state index in [1.165, 1.54) is 12.1 Å². The number of nitrogens with one attached hydrogen (secondary N) is 1. The molecule has 7 heteroatoms. The van der Waals surface area contributed by atoms with E-state index in [1.807, 2.05) is 0 Å². The molecule has 0 unspecified atom stereocenters. The summed E-state index contributed by atoms with van der Waals surface area (Å²) < 4.78 is 20.2. The number of imidazole rings is 1. The van der Waals surface area contributed by atoms with Crippen molar-refractivity contribution in [3.8, 4) is 11.3 Å². The van der Waals surface area contributed by atoms with Crippen molar-refractivity contribution in [1.29, 1.82) is 0 Å². The minimum Gasteiger partial charge on any atom is -0.465 e. The van der Waals surface area contributed by atoms with Crippen LogP contribution in [0.15, 0.2) is 42.6 Å². The summed E-state index contributed by atoms with van der Waals surface area (Å²) in [5.41, 5.74) is 1.76. The van der Waals surface area contributed by atoms with Crippen LogP contribution < -0.4 is 5.32 Å². The Morgan fingerprint density at radius 2 is 2.21 bits per heavy atom. The summed E-state index contributed by atoms with van der Waals surface area (Å²) in [6.07, 6.45) is 1.68. The maximum absolute atomic E-state index is 13.6. The molecule has 0 aliphatic heterocycles. The highest BCUT2D eigenvalue weighted by molar-refractivity contribution is 6.30. The van der Waals surface area contributed by atoms with Crippen LogP contribution in [-0.4, -0.2) is 28.5 Å². The van der Waals surface area contributed by atoms with E-state index in [4.69, 9.17) is 16.3 Å². The number of esters is 1. The molecule has 1 N–H and O–H groups in total. The van der Waals surface area contributed by atoms with Crippen molar-refractivity contribution < 1.29 is 13.9 Å². The Kier molecular flexibility index (Phi) is 4.66. The highest BCUT2D eigenvalue weighted by atomic mass is 35.5. The summed E-state index contributed by atoms with van der Waals surface area (Å²) >= 11 is 6.06. The van der Waals surface area contributed by atoms with Crippen LogP contribution in [-0.2, 0) is 9.53 Å². The fourth-order valence-corrected chi connectivity index (χ4v) is 2.55. The number of benzene rings is 1. The van der Waals surface area contributed by atoms with Gasteiger partial charge in [0.1, 0.15) is 29.5 Å². The second-order valence-electron chi connectivity index (χ2n) is 5.05. The van der Waals surface area contributed by atoms with Crippen molar-refractivity contribution in [2.45, 2.75) is 6.92 Å². The molecule has 0 aliphatic carbocycles. The van der Waals surface area contributed by atoms with E-state index in [0.717, 1.165) is 0 Å². The number of rotatable bonds is 5. The third-order valence-corrected chi connectivity index (χ3v) is 3.61. The first-order valence-electron chi connectivity index (χ1n) is 7.41. The topological polar surface area (TPSA) is 55.6 Å². The SMILES string of the molecule is CCOC(=O)CNc1c(-c2cccc(F)c2)nc2ccc(Cl)cn12. The molecule has 2 heterocycles. The van der Waals surface area contributed by atoms with E-state index in [-0.39, 0.29) is 18.3 Å². The van der Waals surface area contributed by atoms with Gasteiger partial charge < -0.3 is 10.1 Å². The average molecular weight is 348 g/mol. The van der Waals surface area contributed by atoms with E-state index in [0.29, 0.717) is 34.4 Å². The van der Waals surface area contributed by atoms with E-state index in [9.17, 15) is 9.18 Å². The molecule has 0 amide bonds. The first kappa shape index (κ1) is 16.3. The molecule has 0 atom stereocenters. The Morgan fingerprint density at radius 3 is 2.96 bits per heavy atom. The van der Waals surface area contributed by atoms with Crippen molar-refractivity contribution in [1.82, 2.24) is 9.38 Å². The van der Waals surface area contributed by atoms with Gasteiger partial charge in [-0.2, -0.15) is 0 Å². The first-order chi connectivity index (χ1) is 11.6. The summed E-state index contributed by atoms with van der Waals surface area (Å²) in [4.78, 5) is 16.2. The molecular formula is C17H15ClFN3O2. The Balaban J connectivity index is 2.07. The number of anilines is 1. The lowest BCUT2D eigenvalue weighted by molar-refractivity contribution is -0.140. The van der Waals surface area contributed by atoms with Crippen LogP contribution in [0.3, 0.4) is 0 Å². The number of hydrogen-bond donors (Lipinski definition) is 1. The molecule has 24 heavy (non-hydrogen) atoms. The molecule has 0 spiro atoms. The minimum atomic E-state index is -0.389. The number of fused-ring (bicyclic) bond motifs is 1. The molecule has 0 radical (unpaired) electrons. The van der Waals surface area contributed by atoms with Crippen molar-refractivity contribution in [3.05, 3.63) is 53.4 Å². The zero-order valence-corrected chi connectivity index (χ0v) is 13.7. The quantitative estimate of drug-likeness (QED) is 0.714. The highest BCUT2D eigenvalue weighted by Gasteiger charge is 2.16. The molecule has 0 fully saturated rings. The van der Waals surface area contributed by atoms with Gasteiger partial charge in [-0.25, -0.2) is 9.37 Å². The van der Waals surface area contributed by atoms with Crippen molar-refractivity contribution >= 4 is 29.0 Å². The number of hydrogen-bond acceptors (Lipinski definition) is 4. The number of carbonyl (C=O) groups excluding carboxylic acids is 1. The van der Waals surface area contributed by atoms with E-state index in [2.05, 4.69) is 10.3 Å². The monoisotopic (exact) mass is 347 g/mol. The predicted molar refractivity (Wildman–Crippen MR) is 90.7 cm³/mol. The lowest BCUT2D eigenvalue weighted by Crippen LogP contribution is -2.17. The third-order valence-electron chi connectivity index (χ3n) is 3.39. The lowest BCUT2D eigenvalue weighted by Gasteiger charge is -2.08. The molecule has 124 valence electrons. The summed E-state index contributed by atoms with van der Waals surface area (Å²) in [5, 5.41) is 3.53. The minimum absolute atomic E-state index is 0.0313. The smallest absolute Gasteiger partial charge is 0.325 e. The molecular weight excluding hydrogens is 333 g/mol. The van der Waals surface area contributed by atoms with Gasteiger partial charge in [-0.15, -0.1) is 0 Å². The number of pyridine rings is 1. The largest absolute Gasteiger partial charge is 0.465 e. The van der Waals surface area contributed by atoms with Crippen LogP contribution >= 0.6 is 11.6 Å². The summed E-state index contributed by atoms with van der Waals surface area (Å²) in [7, 11) is 0.